The Bertz CT molecular complexity index is 591. The zero-order valence-corrected chi connectivity index (χ0v) is 15.6. The third-order valence-electron chi connectivity index (χ3n) is 4.95. The first kappa shape index (κ1) is 18.1. The van der Waals surface area contributed by atoms with Crippen LogP contribution >= 0.6 is 0 Å². The number of likely N-dealkylation sites (tertiary alicyclic amines) is 1. The number of ether oxygens (including phenoxy) is 2. The van der Waals surface area contributed by atoms with Crippen molar-refractivity contribution in [2.45, 2.75) is 51.7 Å². The highest BCUT2D eigenvalue weighted by molar-refractivity contribution is 5.95. The van der Waals surface area contributed by atoms with Gasteiger partial charge in [0.2, 0.25) is 0 Å². The van der Waals surface area contributed by atoms with Crippen LogP contribution in [0.2, 0.25) is 0 Å². The average molecular weight is 346 g/mol. The van der Waals surface area contributed by atoms with Crippen molar-refractivity contribution < 1.29 is 14.3 Å². The lowest BCUT2D eigenvalue weighted by molar-refractivity contribution is 0.0704. The maximum absolute atomic E-state index is 12.8. The number of nitrogens with one attached hydrogen (secondary N) is 1. The zero-order chi connectivity index (χ0) is 17.8. The molecule has 25 heavy (non-hydrogen) atoms. The van der Waals surface area contributed by atoms with Crippen molar-refractivity contribution in [1.82, 2.24) is 10.2 Å². The van der Waals surface area contributed by atoms with E-state index in [0.29, 0.717) is 23.1 Å². The molecule has 1 saturated carbocycles. The van der Waals surface area contributed by atoms with Crippen molar-refractivity contribution in [1.29, 1.82) is 0 Å². The van der Waals surface area contributed by atoms with Crippen molar-refractivity contribution in [2.75, 3.05) is 26.7 Å². The fourth-order valence-corrected chi connectivity index (χ4v) is 3.28. The van der Waals surface area contributed by atoms with E-state index in [1.165, 1.54) is 12.8 Å². The molecule has 1 heterocycles. The first-order valence-electron chi connectivity index (χ1n) is 9.44. The third kappa shape index (κ3) is 4.88. The van der Waals surface area contributed by atoms with Crippen LogP contribution < -0.4 is 14.8 Å². The van der Waals surface area contributed by atoms with E-state index < -0.39 is 0 Å². The van der Waals surface area contributed by atoms with Gasteiger partial charge < -0.3 is 19.7 Å². The van der Waals surface area contributed by atoms with Crippen molar-refractivity contribution in [3.8, 4) is 11.5 Å². The molecule has 0 atom stereocenters. The molecule has 0 radical (unpaired) electrons. The average Bonchev–Trinajstić information content (AvgIpc) is 3.44. The first-order chi connectivity index (χ1) is 12.1. The molecule has 5 heteroatoms. The summed E-state index contributed by atoms with van der Waals surface area (Å²) in [6, 6.07) is 6.01. The summed E-state index contributed by atoms with van der Waals surface area (Å²) < 4.78 is 11.1. The van der Waals surface area contributed by atoms with Gasteiger partial charge in [-0.05, 0) is 70.2 Å². The number of nitrogens with zero attached hydrogens (tertiary/aromatic N) is 1. The van der Waals surface area contributed by atoms with Crippen LogP contribution in [0, 0.1) is 5.92 Å². The Labute approximate surface area is 150 Å². The molecule has 1 aliphatic carbocycles. The van der Waals surface area contributed by atoms with E-state index in [1.54, 1.807) is 13.2 Å². The largest absolute Gasteiger partial charge is 0.493 e. The fraction of sp³-hybridized carbons (Fsp3) is 0.650. The number of piperidine rings is 1. The van der Waals surface area contributed by atoms with Gasteiger partial charge in [-0.25, -0.2) is 0 Å². The summed E-state index contributed by atoms with van der Waals surface area (Å²) in [4.78, 5) is 14.7. The summed E-state index contributed by atoms with van der Waals surface area (Å²) in [6.45, 7) is 6.72. The number of amides is 1. The number of rotatable bonds is 7. The molecule has 1 saturated heterocycles. The van der Waals surface area contributed by atoms with Crippen LogP contribution in [0.4, 0.5) is 0 Å². The van der Waals surface area contributed by atoms with Gasteiger partial charge in [-0.3, -0.25) is 4.79 Å². The van der Waals surface area contributed by atoms with E-state index in [1.807, 2.05) is 30.9 Å². The second-order valence-electron chi connectivity index (χ2n) is 7.45. The van der Waals surface area contributed by atoms with Gasteiger partial charge in [0.05, 0.1) is 13.2 Å². The Morgan fingerprint density at radius 1 is 1.20 bits per heavy atom. The Morgan fingerprint density at radius 3 is 2.52 bits per heavy atom. The van der Waals surface area contributed by atoms with E-state index in [0.717, 1.165) is 38.4 Å². The second kappa shape index (κ2) is 8.09. The molecule has 138 valence electrons. The molecule has 5 nitrogen and oxygen atoms in total. The zero-order valence-electron chi connectivity index (χ0n) is 15.6. The Hall–Kier alpha value is -1.75. The summed E-state index contributed by atoms with van der Waals surface area (Å²) in [5.74, 6) is 2.27. The van der Waals surface area contributed by atoms with Crippen molar-refractivity contribution in [3.63, 3.8) is 0 Å². The van der Waals surface area contributed by atoms with Crippen LogP contribution in [-0.2, 0) is 0 Å². The van der Waals surface area contributed by atoms with Crippen LogP contribution in [0.1, 0.15) is 49.9 Å². The Balaban J connectivity index is 1.57. The quantitative estimate of drug-likeness (QED) is 0.824. The van der Waals surface area contributed by atoms with E-state index in [-0.39, 0.29) is 12.0 Å². The van der Waals surface area contributed by atoms with Gasteiger partial charge in [-0.1, -0.05) is 0 Å². The van der Waals surface area contributed by atoms with Crippen LogP contribution in [0.3, 0.4) is 0 Å². The fourth-order valence-electron chi connectivity index (χ4n) is 3.28. The lowest BCUT2D eigenvalue weighted by Crippen LogP contribution is -2.45. The maximum Gasteiger partial charge on any atom is 0.253 e. The number of hydrogen-bond donors (Lipinski definition) is 1. The van der Waals surface area contributed by atoms with Gasteiger partial charge in [-0.15, -0.1) is 0 Å². The summed E-state index contributed by atoms with van der Waals surface area (Å²) in [5, 5.41) is 3.65. The molecule has 2 aliphatic rings. The van der Waals surface area contributed by atoms with Gasteiger partial charge >= 0.3 is 0 Å². The molecule has 0 bridgehead atoms. The number of carbonyl (C=O) groups is 1. The first-order valence-corrected chi connectivity index (χ1v) is 9.44. The summed E-state index contributed by atoms with van der Waals surface area (Å²) >= 11 is 0. The monoisotopic (exact) mass is 346 g/mol. The van der Waals surface area contributed by atoms with E-state index in [2.05, 4.69) is 5.32 Å². The molecular weight excluding hydrogens is 316 g/mol. The van der Waals surface area contributed by atoms with Crippen LogP contribution in [-0.4, -0.2) is 49.7 Å². The molecular formula is C20H30N2O3. The molecule has 2 fully saturated rings. The summed E-state index contributed by atoms with van der Waals surface area (Å²) in [7, 11) is 1.60. The Morgan fingerprint density at radius 2 is 1.92 bits per heavy atom. The molecule has 1 aromatic carbocycles. The van der Waals surface area contributed by atoms with Gasteiger partial charge in [0.15, 0.2) is 11.5 Å². The smallest absolute Gasteiger partial charge is 0.253 e. The van der Waals surface area contributed by atoms with E-state index in [4.69, 9.17) is 9.47 Å². The van der Waals surface area contributed by atoms with Gasteiger partial charge in [0, 0.05) is 24.7 Å². The van der Waals surface area contributed by atoms with Crippen molar-refractivity contribution in [2.24, 2.45) is 5.92 Å². The van der Waals surface area contributed by atoms with Crippen LogP contribution in [0.25, 0.3) is 0 Å². The minimum Gasteiger partial charge on any atom is -0.493 e. The van der Waals surface area contributed by atoms with Gasteiger partial charge in [0.25, 0.3) is 5.91 Å². The van der Waals surface area contributed by atoms with Crippen LogP contribution in [0.15, 0.2) is 18.2 Å². The molecule has 1 amide bonds. The molecule has 0 aromatic heterocycles. The molecule has 1 aromatic rings. The van der Waals surface area contributed by atoms with Crippen LogP contribution in [0.5, 0.6) is 11.5 Å². The van der Waals surface area contributed by atoms with Gasteiger partial charge in [-0.2, -0.15) is 0 Å². The normalized spacial score (nSPS) is 18.5. The topological polar surface area (TPSA) is 50.8 Å². The molecule has 1 N–H and O–H groups in total. The highest BCUT2D eigenvalue weighted by Gasteiger charge is 2.26. The van der Waals surface area contributed by atoms with E-state index >= 15 is 0 Å². The predicted molar refractivity (Wildman–Crippen MR) is 98.4 cm³/mol. The summed E-state index contributed by atoms with van der Waals surface area (Å²) in [5.41, 5.74) is 0.664. The Kier molecular flexibility index (Phi) is 5.84. The molecule has 1 aliphatic heterocycles. The number of carbonyl (C=O) groups excluding carboxylic acids is 1. The standard InChI is InChI=1S/C20H30N2O3/c1-14(2)25-18-7-6-16(12-19(18)24-3)20(23)22-10-8-17(9-11-22)21-13-15-4-5-15/h6-7,12,14-15,17,21H,4-5,8-11,13H2,1-3H3. The maximum atomic E-state index is 12.8. The second-order valence-corrected chi connectivity index (χ2v) is 7.45. The highest BCUT2D eigenvalue weighted by atomic mass is 16.5. The summed E-state index contributed by atoms with van der Waals surface area (Å²) in [6.07, 6.45) is 4.89. The minimum atomic E-state index is 0.0672. The number of methoxy groups -OCH3 is 1. The predicted octanol–water partition coefficient (Wildman–Crippen LogP) is 3.09. The van der Waals surface area contributed by atoms with Gasteiger partial charge in [0.1, 0.15) is 0 Å². The van der Waals surface area contributed by atoms with Crippen molar-refractivity contribution >= 4 is 5.91 Å². The highest BCUT2D eigenvalue weighted by Crippen LogP contribution is 2.30. The lowest BCUT2D eigenvalue weighted by Gasteiger charge is -2.32. The minimum absolute atomic E-state index is 0.0672. The third-order valence-corrected chi connectivity index (χ3v) is 4.95. The molecule has 0 unspecified atom stereocenters. The lowest BCUT2D eigenvalue weighted by atomic mass is 10.0. The molecule has 0 spiro atoms. The number of hydrogen-bond acceptors (Lipinski definition) is 4. The number of benzene rings is 1. The van der Waals surface area contributed by atoms with E-state index in [9.17, 15) is 4.79 Å². The van der Waals surface area contributed by atoms with Crippen molar-refractivity contribution in [3.05, 3.63) is 23.8 Å². The molecule has 3 rings (SSSR count). The SMILES string of the molecule is COc1cc(C(=O)N2CCC(NCC3CC3)CC2)ccc1OC(C)C.